The molecule has 3 nitrogen and oxygen atoms in total. The van der Waals surface area contributed by atoms with Gasteiger partial charge in [0.05, 0.1) is 13.2 Å². The van der Waals surface area contributed by atoms with Crippen LogP contribution in [-0.2, 0) is 6.42 Å². The summed E-state index contributed by atoms with van der Waals surface area (Å²) in [7, 11) is 1.67. The molecule has 0 aliphatic heterocycles. The standard InChI is InChI=1S/C23H24ClNO2/c1-27-22-11-9-19(10-12-22)18-7-5-17(6-8-18)13-14-25-16-23(26)20-3-2-4-21(24)15-20/h2-12,15,23,25-26H,13-14,16H2,1H3. The predicted molar refractivity (Wildman–Crippen MR) is 111 cm³/mol. The Kier molecular flexibility index (Phi) is 6.88. The van der Waals surface area contributed by atoms with E-state index >= 15 is 0 Å². The Bertz CT molecular complexity index is 847. The van der Waals surface area contributed by atoms with E-state index in [9.17, 15) is 5.11 Å². The first-order valence-corrected chi connectivity index (χ1v) is 9.41. The van der Waals surface area contributed by atoms with Gasteiger partial charge in [0.2, 0.25) is 0 Å². The second-order valence-corrected chi connectivity index (χ2v) is 6.89. The molecule has 0 aliphatic carbocycles. The van der Waals surface area contributed by atoms with Crippen LogP contribution < -0.4 is 10.1 Å². The highest BCUT2D eigenvalue weighted by Gasteiger charge is 2.07. The van der Waals surface area contributed by atoms with Gasteiger partial charge in [-0.25, -0.2) is 0 Å². The van der Waals surface area contributed by atoms with Gasteiger partial charge in [-0.2, -0.15) is 0 Å². The van der Waals surface area contributed by atoms with Gasteiger partial charge >= 0.3 is 0 Å². The van der Waals surface area contributed by atoms with E-state index in [-0.39, 0.29) is 0 Å². The molecule has 0 radical (unpaired) electrons. The number of halogens is 1. The van der Waals surface area contributed by atoms with Crippen LogP contribution in [0.2, 0.25) is 5.02 Å². The minimum atomic E-state index is -0.554. The van der Waals surface area contributed by atoms with Crippen LogP contribution in [0.3, 0.4) is 0 Å². The van der Waals surface area contributed by atoms with Gasteiger partial charge in [-0.1, -0.05) is 60.1 Å². The summed E-state index contributed by atoms with van der Waals surface area (Å²) >= 11 is 5.96. The first kappa shape index (κ1) is 19.4. The topological polar surface area (TPSA) is 41.5 Å². The zero-order chi connectivity index (χ0) is 19.1. The lowest BCUT2D eigenvalue weighted by molar-refractivity contribution is 0.175. The molecule has 0 aliphatic rings. The van der Waals surface area contributed by atoms with E-state index in [4.69, 9.17) is 16.3 Å². The molecule has 3 aromatic carbocycles. The first-order valence-electron chi connectivity index (χ1n) is 9.03. The average molecular weight is 382 g/mol. The molecule has 0 saturated heterocycles. The molecule has 0 bridgehead atoms. The molecule has 140 valence electrons. The van der Waals surface area contributed by atoms with Crippen molar-refractivity contribution in [3.63, 3.8) is 0 Å². The fourth-order valence-electron chi connectivity index (χ4n) is 2.95. The number of benzene rings is 3. The molecule has 0 amide bonds. The minimum Gasteiger partial charge on any atom is -0.497 e. The summed E-state index contributed by atoms with van der Waals surface area (Å²) in [5, 5.41) is 14.2. The summed E-state index contributed by atoms with van der Waals surface area (Å²) in [5.74, 6) is 0.862. The first-order chi connectivity index (χ1) is 13.2. The van der Waals surface area contributed by atoms with Crippen LogP contribution in [0.5, 0.6) is 5.75 Å². The third-order valence-electron chi connectivity index (χ3n) is 4.54. The SMILES string of the molecule is COc1ccc(-c2ccc(CCNCC(O)c3cccc(Cl)c3)cc2)cc1. The van der Waals surface area contributed by atoms with Crippen molar-refractivity contribution in [3.05, 3.63) is 88.9 Å². The summed E-state index contributed by atoms with van der Waals surface area (Å²) in [6, 6.07) is 24.0. The summed E-state index contributed by atoms with van der Waals surface area (Å²) in [4.78, 5) is 0. The number of aliphatic hydroxyl groups is 1. The predicted octanol–water partition coefficient (Wildman–Crippen LogP) is 4.88. The number of ether oxygens (including phenoxy) is 1. The highest BCUT2D eigenvalue weighted by molar-refractivity contribution is 6.30. The van der Waals surface area contributed by atoms with Crippen molar-refractivity contribution in [2.45, 2.75) is 12.5 Å². The second-order valence-electron chi connectivity index (χ2n) is 6.45. The maximum absolute atomic E-state index is 10.2. The molecular formula is C23H24ClNO2. The van der Waals surface area contributed by atoms with E-state index in [0.29, 0.717) is 11.6 Å². The molecular weight excluding hydrogens is 358 g/mol. The van der Waals surface area contributed by atoms with Gasteiger partial charge in [-0.05, 0) is 59.5 Å². The molecule has 0 fully saturated rings. The molecule has 3 aromatic rings. The van der Waals surface area contributed by atoms with Gasteiger partial charge in [0.25, 0.3) is 0 Å². The number of aliphatic hydroxyl groups excluding tert-OH is 1. The minimum absolute atomic E-state index is 0.504. The molecule has 3 rings (SSSR count). The van der Waals surface area contributed by atoms with Crippen LogP contribution in [0.25, 0.3) is 11.1 Å². The Morgan fingerprint density at radius 3 is 2.26 bits per heavy atom. The van der Waals surface area contributed by atoms with Crippen molar-refractivity contribution in [1.82, 2.24) is 5.32 Å². The van der Waals surface area contributed by atoms with E-state index < -0.39 is 6.10 Å². The Morgan fingerprint density at radius 2 is 1.63 bits per heavy atom. The molecule has 27 heavy (non-hydrogen) atoms. The third kappa shape index (κ3) is 5.57. The quantitative estimate of drug-likeness (QED) is 0.546. The van der Waals surface area contributed by atoms with Crippen LogP contribution in [0.1, 0.15) is 17.2 Å². The Morgan fingerprint density at radius 1 is 0.963 bits per heavy atom. The number of hydrogen-bond acceptors (Lipinski definition) is 3. The molecule has 0 heterocycles. The largest absolute Gasteiger partial charge is 0.497 e. The maximum atomic E-state index is 10.2. The van der Waals surface area contributed by atoms with Crippen molar-refractivity contribution < 1.29 is 9.84 Å². The van der Waals surface area contributed by atoms with Gasteiger partial charge in [-0.3, -0.25) is 0 Å². The molecule has 0 spiro atoms. The van der Waals surface area contributed by atoms with Crippen LogP contribution in [0, 0.1) is 0 Å². The zero-order valence-corrected chi connectivity index (χ0v) is 16.1. The smallest absolute Gasteiger partial charge is 0.118 e. The molecule has 0 aromatic heterocycles. The lowest BCUT2D eigenvalue weighted by atomic mass is 10.0. The van der Waals surface area contributed by atoms with E-state index in [1.807, 2.05) is 24.3 Å². The summed E-state index contributed by atoms with van der Waals surface area (Å²) in [6.45, 7) is 1.31. The van der Waals surface area contributed by atoms with Crippen LogP contribution in [0.4, 0.5) is 0 Å². The Labute approximate surface area is 165 Å². The number of methoxy groups -OCH3 is 1. The van der Waals surface area contributed by atoms with Crippen molar-refractivity contribution >= 4 is 11.6 Å². The lowest BCUT2D eigenvalue weighted by Crippen LogP contribution is -2.23. The van der Waals surface area contributed by atoms with Gasteiger partial charge in [-0.15, -0.1) is 0 Å². The van der Waals surface area contributed by atoms with Crippen molar-refractivity contribution in [2.24, 2.45) is 0 Å². The lowest BCUT2D eigenvalue weighted by Gasteiger charge is -2.12. The zero-order valence-electron chi connectivity index (χ0n) is 15.4. The highest BCUT2D eigenvalue weighted by Crippen LogP contribution is 2.23. The molecule has 1 atom stereocenters. The number of nitrogens with one attached hydrogen (secondary N) is 1. The molecule has 4 heteroatoms. The van der Waals surface area contributed by atoms with E-state index in [2.05, 4.69) is 41.7 Å². The third-order valence-corrected chi connectivity index (χ3v) is 4.77. The van der Waals surface area contributed by atoms with Gasteiger partial charge in [0, 0.05) is 11.6 Å². The summed E-state index contributed by atoms with van der Waals surface area (Å²) in [5.41, 5.74) is 4.45. The van der Waals surface area contributed by atoms with Crippen LogP contribution in [-0.4, -0.2) is 25.3 Å². The van der Waals surface area contributed by atoms with Crippen LogP contribution >= 0.6 is 11.6 Å². The Hall–Kier alpha value is -2.33. The van der Waals surface area contributed by atoms with Crippen molar-refractivity contribution in [1.29, 1.82) is 0 Å². The monoisotopic (exact) mass is 381 g/mol. The molecule has 0 saturated carbocycles. The fraction of sp³-hybridized carbons (Fsp3) is 0.217. The Balaban J connectivity index is 1.47. The number of rotatable bonds is 8. The van der Waals surface area contributed by atoms with Crippen molar-refractivity contribution in [3.8, 4) is 16.9 Å². The molecule has 2 N–H and O–H groups in total. The fourth-order valence-corrected chi connectivity index (χ4v) is 3.15. The van der Waals surface area contributed by atoms with E-state index in [0.717, 1.165) is 24.3 Å². The molecule has 1 unspecified atom stereocenters. The van der Waals surface area contributed by atoms with E-state index in [1.165, 1.54) is 16.7 Å². The summed E-state index contributed by atoms with van der Waals surface area (Å²) < 4.78 is 5.20. The normalized spacial score (nSPS) is 12.0. The van der Waals surface area contributed by atoms with Gasteiger partial charge in [0.15, 0.2) is 0 Å². The second kappa shape index (κ2) is 9.56. The van der Waals surface area contributed by atoms with Crippen LogP contribution in [0.15, 0.2) is 72.8 Å². The highest BCUT2D eigenvalue weighted by atomic mass is 35.5. The number of hydrogen-bond donors (Lipinski definition) is 2. The maximum Gasteiger partial charge on any atom is 0.118 e. The van der Waals surface area contributed by atoms with Crippen molar-refractivity contribution in [2.75, 3.05) is 20.2 Å². The van der Waals surface area contributed by atoms with Gasteiger partial charge < -0.3 is 15.2 Å². The average Bonchev–Trinajstić information content (AvgIpc) is 2.71. The summed E-state index contributed by atoms with van der Waals surface area (Å²) in [6.07, 6.45) is 0.353. The van der Waals surface area contributed by atoms with Gasteiger partial charge in [0.1, 0.15) is 5.75 Å². The van der Waals surface area contributed by atoms with E-state index in [1.54, 1.807) is 19.2 Å².